The van der Waals surface area contributed by atoms with Crippen molar-refractivity contribution in [3.8, 4) is 0 Å². The van der Waals surface area contributed by atoms with E-state index in [1.54, 1.807) is 0 Å². The van der Waals surface area contributed by atoms with Crippen molar-refractivity contribution >= 4 is 17.6 Å². The van der Waals surface area contributed by atoms with E-state index in [1.807, 2.05) is 0 Å². The second-order valence-corrected chi connectivity index (χ2v) is 3.30. The average Bonchev–Trinajstić information content (AvgIpc) is 2.26. The molecule has 0 radical (unpaired) electrons. The van der Waals surface area contributed by atoms with Gasteiger partial charge in [-0.15, -0.1) is 0 Å². The zero-order chi connectivity index (χ0) is 11.5. The molecule has 0 atom stereocenters. The van der Waals surface area contributed by atoms with E-state index >= 15 is 0 Å². The Morgan fingerprint density at radius 3 is 2.50 bits per heavy atom. The maximum atomic E-state index is 11.4. The highest BCUT2D eigenvalue weighted by Crippen LogP contribution is 2.06. The van der Waals surface area contributed by atoms with E-state index in [4.69, 9.17) is 10.5 Å². The molecule has 1 aliphatic rings. The molecule has 7 nitrogen and oxygen atoms in total. The van der Waals surface area contributed by atoms with Gasteiger partial charge in [0.25, 0.3) is 11.8 Å². The van der Waals surface area contributed by atoms with Crippen LogP contribution in [0.25, 0.3) is 0 Å². The molecule has 0 aromatic carbocycles. The van der Waals surface area contributed by atoms with Crippen LogP contribution in [0, 0.1) is 0 Å². The predicted molar refractivity (Wildman–Crippen MR) is 52.8 cm³/mol. The van der Waals surface area contributed by atoms with Gasteiger partial charge in [-0.25, -0.2) is 4.98 Å². The maximum Gasteiger partial charge on any atom is 0.255 e. The Balaban J connectivity index is 2.10. The van der Waals surface area contributed by atoms with Gasteiger partial charge in [-0.3, -0.25) is 19.5 Å². The number of hydrogen-bond acceptors (Lipinski definition) is 6. The molecule has 2 N–H and O–H groups in total. The number of anilines is 1. The van der Waals surface area contributed by atoms with Crippen LogP contribution >= 0.6 is 0 Å². The number of hydrogen-bond donors (Lipinski definition) is 1. The second kappa shape index (κ2) is 4.23. The minimum atomic E-state index is -0.366. The number of morpholine rings is 1. The molecule has 2 amide bonds. The Labute approximate surface area is 91.2 Å². The van der Waals surface area contributed by atoms with E-state index in [-0.39, 0.29) is 31.6 Å². The van der Waals surface area contributed by atoms with Crippen LogP contribution in [0.5, 0.6) is 0 Å². The van der Waals surface area contributed by atoms with Gasteiger partial charge in [-0.1, -0.05) is 0 Å². The molecule has 84 valence electrons. The first-order chi connectivity index (χ1) is 7.66. The Kier molecular flexibility index (Phi) is 2.78. The number of nitrogen functional groups attached to an aromatic ring is 1. The fourth-order valence-electron chi connectivity index (χ4n) is 1.31. The van der Waals surface area contributed by atoms with E-state index < -0.39 is 0 Å². The number of amides is 2. The van der Waals surface area contributed by atoms with Gasteiger partial charge < -0.3 is 10.5 Å². The topological polar surface area (TPSA) is 98.4 Å². The first kappa shape index (κ1) is 10.5. The molecular formula is C9H10N4O3. The Morgan fingerprint density at radius 2 is 1.94 bits per heavy atom. The Bertz CT molecular complexity index is 401. The molecule has 1 fully saturated rings. The van der Waals surface area contributed by atoms with Crippen LogP contribution in [0.15, 0.2) is 12.4 Å². The molecule has 0 bridgehead atoms. The van der Waals surface area contributed by atoms with Gasteiger partial charge in [0.1, 0.15) is 19.0 Å². The molecule has 16 heavy (non-hydrogen) atoms. The smallest absolute Gasteiger partial charge is 0.255 e. The predicted octanol–water partition coefficient (Wildman–Crippen LogP) is -1.06. The summed E-state index contributed by atoms with van der Waals surface area (Å²) in [5.74, 6) is -0.437. The van der Waals surface area contributed by atoms with E-state index in [2.05, 4.69) is 9.97 Å². The lowest BCUT2D eigenvalue weighted by molar-refractivity contribution is -0.159. The van der Waals surface area contributed by atoms with Crippen LogP contribution in [0.2, 0.25) is 0 Å². The minimum Gasteiger partial charge on any atom is -0.382 e. The van der Waals surface area contributed by atoms with Gasteiger partial charge in [0, 0.05) is 0 Å². The van der Waals surface area contributed by atoms with Gasteiger partial charge in [0.15, 0.2) is 0 Å². The van der Waals surface area contributed by atoms with Crippen molar-refractivity contribution in [2.24, 2.45) is 0 Å². The van der Waals surface area contributed by atoms with Crippen LogP contribution < -0.4 is 5.73 Å². The Hall–Kier alpha value is -2.02. The van der Waals surface area contributed by atoms with Crippen LogP contribution in [-0.2, 0) is 20.9 Å². The maximum absolute atomic E-state index is 11.4. The number of carbonyl (C=O) groups is 2. The summed E-state index contributed by atoms with van der Waals surface area (Å²) in [7, 11) is 0. The van der Waals surface area contributed by atoms with Crippen molar-refractivity contribution in [3.63, 3.8) is 0 Å². The van der Waals surface area contributed by atoms with Crippen molar-refractivity contribution in [2.45, 2.75) is 6.54 Å². The SMILES string of the molecule is Nc1cnc(CN2C(=O)COCC2=O)cn1. The van der Waals surface area contributed by atoms with Crippen molar-refractivity contribution in [1.82, 2.24) is 14.9 Å². The normalized spacial score (nSPS) is 16.6. The molecule has 1 saturated heterocycles. The van der Waals surface area contributed by atoms with Crippen LogP contribution in [0.3, 0.4) is 0 Å². The number of carbonyl (C=O) groups excluding carboxylic acids is 2. The van der Waals surface area contributed by atoms with Crippen molar-refractivity contribution in [1.29, 1.82) is 0 Å². The quantitative estimate of drug-likeness (QED) is 0.641. The summed E-state index contributed by atoms with van der Waals surface area (Å²) >= 11 is 0. The lowest BCUT2D eigenvalue weighted by Gasteiger charge is -2.24. The minimum absolute atomic E-state index is 0.0753. The third-order valence-electron chi connectivity index (χ3n) is 2.10. The monoisotopic (exact) mass is 222 g/mol. The summed E-state index contributed by atoms with van der Waals surface area (Å²) in [5.41, 5.74) is 5.89. The van der Waals surface area contributed by atoms with Gasteiger partial charge in [0.05, 0.1) is 24.6 Å². The molecule has 1 aromatic rings. The molecule has 2 heterocycles. The van der Waals surface area contributed by atoms with E-state index in [0.717, 1.165) is 4.90 Å². The molecule has 1 aromatic heterocycles. The van der Waals surface area contributed by atoms with Crippen LogP contribution in [0.1, 0.15) is 5.69 Å². The van der Waals surface area contributed by atoms with Crippen molar-refractivity contribution < 1.29 is 14.3 Å². The molecule has 2 rings (SSSR count). The summed E-state index contributed by atoms with van der Waals surface area (Å²) in [6, 6.07) is 0. The zero-order valence-corrected chi connectivity index (χ0v) is 8.42. The summed E-state index contributed by atoms with van der Waals surface area (Å²) in [6.45, 7) is -0.0451. The largest absolute Gasteiger partial charge is 0.382 e. The average molecular weight is 222 g/mol. The molecule has 1 aliphatic heterocycles. The zero-order valence-electron chi connectivity index (χ0n) is 8.42. The Morgan fingerprint density at radius 1 is 1.25 bits per heavy atom. The summed E-state index contributed by atoms with van der Waals surface area (Å²) in [4.78, 5) is 31.7. The number of rotatable bonds is 2. The van der Waals surface area contributed by atoms with Gasteiger partial charge in [-0.05, 0) is 0 Å². The second-order valence-electron chi connectivity index (χ2n) is 3.30. The lowest BCUT2D eigenvalue weighted by atomic mass is 10.3. The summed E-state index contributed by atoms with van der Waals surface area (Å²) in [5, 5.41) is 0. The fourth-order valence-corrected chi connectivity index (χ4v) is 1.31. The number of nitrogens with zero attached hydrogens (tertiary/aromatic N) is 3. The molecule has 7 heteroatoms. The van der Waals surface area contributed by atoms with Gasteiger partial charge in [-0.2, -0.15) is 0 Å². The highest BCUT2D eigenvalue weighted by Gasteiger charge is 2.26. The number of aromatic nitrogens is 2. The highest BCUT2D eigenvalue weighted by atomic mass is 16.5. The molecule has 0 aliphatic carbocycles. The fraction of sp³-hybridized carbons (Fsp3) is 0.333. The molecule has 0 unspecified atom stereocenters. The highest BCUT2D eigenvalue weighted by molar-refractivity contribution is 5.98. The molecule has 0 spiro atoms. The lowest BCUT2D eigenvalue weighted by Crippen LogP contribution is -2.45. The standard InChI is InChI=1S/C9H10N4O3/c10-7-2-11-6(1-12-7)3-13-8(14)4-16-5-9(13)15/h1-2H,3-5H2,(H2,10,12). The molecule has 0 saturated carbocycles. The first-order valence-corrected chi connectivity index (χ1v) is 4.64. The molecular weight excluding hydrogens is 212 g/mol. The third kappa shape index (κ3) is 2.14. The van der Waals surface area contributed by atoms with E-state index in [9.17, 15) is 9.59 Å². The number of nitrogens with two attached hydrogens (primary N) is 1. The third-order valence-corrected chi connectivity index (χ3v) is 2.10. The van der Waals surface area contributed by atoms with Gasteiger partial charge in [0.2, 0.25) is 0 Å². The van der Waals surface area contributed by atoms with Gasteiger partial charge >= 0.3 is 0 Å². The summed E-state index contributed by atoms with van der Waals surface area (Å²) < 4.78 is 4.78. The summed E-state index contributed by atoms with van der Waals surface area (Å²) in [6.07, 6.45) is 2.82. The number of ether oxygens (including phenoxy) is 1. The van der Waals surface area contributed by atoms with Crippen LogP contribution in [0.4, 0.5) is 5.82 Å². The van der Waals surface area contributed by atoms with Crippen LogP contribution in [-0.4, -0.2) is 39.9 Å². The van der Waals surface area contributed by atoms with Crippen molar-refractivity contribution in [3.05, 3.63) is 18.1 Å². The van der Waals surface area contributed by atoms with E-state index in [0.29, 0.717) is 11.5 Å². The van der Waals surface area contributed by atoms with Crippen molar-refractivity contribution in [2.75, 3.05) is 18.9 Å². The number of imide groups is 1. The van der Waals surface area contributed by atoms with E-state index in [1.165, 1.54) is 12.4 Å². The first-order valence-electron chi connectivity index (χ1n) is 4.64.